The summed E-state index contributed by atoms with van der Waals surface area (Å²) >= 11 is 11.9. The molecule has 47 heteroatoms. The molecule has 139 heavy (non-hydrogen) atoms. The van der Waals surface area contributed by atoms with E-state index in [-0.39, 0.29) is 128 Å². The molecule has 5 aromatic heterocycles. The van der Waals surface area contributed by atoms with Crippen LogP contribution in [-0.4, -0.2) is 107 Å². The number of morpholine rings is 1. The van der Waals surface area contributed by atoms with E-state index in [1.54, 1.807) is 18.2 Å². The molecule has 0 bridgehead atoms. The van der Waals surface area contributed by atoms with E-state index in [1.165, 1.54) is 109 Å². The lowest BCUT2D eigenvalue weighted by Gasteiger charge is -2.26. The van der Waals surface area contributed by atoms with Crippen molar-refractivity contribution in [2.24, 2.45) is 5.73 Å². The molecule has 0 spiro atoms. The summed E-state index contributed by atoms with van der Waals surface area (Å²) in [4.78, 5) is 82.7. The van der Waals surface area contributed by atoms with Gasteiger partial charge in [0.15, 0.2) is 40.6 Å². The van der Waals surface area contributed by atoms with Gasteiger partial charge in [0.25, 0.3) is 0 Å². The van der Waals surface area contributed by atoms with Gasteiger partial charge < -0.3 is 10.5 Å². The van der Waals surface area contributed by atoms with Gasteiger partial charge in [-0.15, -0.1) is 6.42 Å². The largest absolute Gasteiger partial charge is 0.416 e. The summed E-state index contributed by atoms with van der Waals surface area (Å²) in [6.45, 7) is 4.56. The minimum atomic E-state index is -5.06. The maximum atomic E-state index is 13.4. The van der Waals surface area contributed by atoms with Gasteiger partial charge in [-0.25, -0.2) is 48.3 Å². The zero-order valence-electron chi connectivity index (χ0n) is 70.2. The van der Waals surface area contributed by atoms with E-state index in [9.17, 15) is 142 Å². The zero-order valence-corrected chi connectivity index (χ0v) is 72.5. The van der Waals surface area contributed by atoms with Gasteiger partial charge in [-0.1, -0.05) is 65.5 Å². The van der Waals surface area contributed by atoms with Gasteiger partial charge in [0.2, 0.25) is 27.8 Å². The van der Waals surface area contributed by atoms with Crippen molar-refractivity contribution in [3.8, 4) is 57.9 Å². The van der Waals surface area contributed by atoms with E-state index in [1.807, 2.05) is 0 Å². The number of primary amides is 1. The van der Waals surface area contributed by atoms with Crippen molar-refractivity contribution in [2.75, 3.05) is 26.3 Å². The molecule has 724 valence electrons. The Bertz CT molecular complexity index is 6840. The number of terminal acetylenes is 1. The summed E-state index contributed by atoms with van der Waals surface area (Å²) in [7, 11) is -3.78. The Labute approximate surface area is 777 Å². The number of amides is 1. The maximum absolute atomic E-state index is 13.4. The third-order valence-corrected chi connectivity index (χ3v) is 21.8. The Hall–Kier alpha value is -14.4. The van der Waals surface area contributed by atoms with Gasteiger partial charge in [0.05, 0.1) is 95.4 Å². The van der Waals surface area contributed by atoms with Gasteiger partial charge >= 0.3 is 49.4 Å². The maximum Gasteiger partial charge on any atom is 0.416 e. The molecule has 0 aliphatic carbocycles. The molecule has 13 rings (SSSR count). The highest BCUT2D eigenvalue weighted by atomic mass is 35.5. The summed E-state index contributed by atoms with van der Waals surface area (Å²) in [6.07, 6.45) is -25.5. The number of benzene rings is 7. The summed E-state index contributed by atoms with van der Waals surface area (Å²) in [5, 5.41) is 0.450. The predicted molar refractivity (Wildman–Crippen MR) is 454 cm³/mol. The molecule has 0 saturated carbocycles. The number of allylic oxidation sites excluding steroid dienone is 3. The average molecular weight is 2030 g/mol. The number of aromatic nitrogens is 9. The van der Waals surface area contributed by atoms with E-state index in [2.05, 4.69) is 50.8 Å². The number of halogens is 28. The van der Waals surface area contributed by atoms with Crippen LogP contribution in [0.1, 0.15) is 116 Å². The number of carbonyl (C=O) groups is 4. The molecule has 18 nitrogen and oxygen atoms in total. The van der Waals surface area contributed by atoms with Crippen molar-refractivity contribution in [1.82, 2.24) is 49.2 Å². The number of Topliss-reactive ketones (excluding diaryl/α,β-unsaturated/α-hetero) is 3. The van der Waals surface area contributed by atoms with Crippen molar-refractivity contribution in [1.29, 1.82) is 0 Å². The van der Waals surface area contributed by atoms with Crippen molar-refractivity contribution in [3.05, 3.63) is 318 Å². The van der Waals surface area contributed by atoms with Crippen LogP contribution in [0.3, 0.4) is 0 Å². The smallest absolute Gasteiger partial charge is 0.379 e. The minimum absolute atomic E-state index is 0.00400. The third kappa shape index (κ3) is 28.4. The molecular formula is C92H57Cl2F26N11O7S. The Morgan fingerprint density at radius 3 is 0.950 bits per heavy atom. The Balaban J connectivity index is 0.000000192. The Kier molecular flexibility index (Phi) is 32.8. The second kappa shape index (κ2) is 42.7. The SMILES string of the molecule is C#Cc1ccccc1/C(=C\c1ccnc(-c2cc(C(F)(F)F)cc(C(F)(F)F)c2)n1)C(N)=O.CC(=O)/C(=C/c1ccnc(-c2cc(C(F)(F)F)cc(C(F)(F)F)c2)n1)c1cc(F)nc(F)c1.CC(=O)/C(=C/c1ccnc(-c2cc(C(F)(F)F)cc(C(F)(F)F)c2)n1)c1ccc(Cl)c(Cl)c1.CC(=O)/C(=C/c1ccnc(-c2cc(C(F)(F)F)cc(C(F)(F)F)c2)n1)c1ccc(S(=O)(=O)N2CCOCC2)cc1. The first-order valence-corrected chi connectivity index (χ1v) is 41.0. The molecule has 1 aliphatic heterocycles. The zero-order chi connectivity index (χ0) is 103. The fourth-order valence-electron chi connectivity index (χ4n) is 12.6. The lowest BCUT2D eigenvalue weighted by molar-refractivity contribution is -0.144. The summed E-state index contributed by atoms with van der Waals surface area (Å²) < 4.78 is 376. The lowest BCUT2D eigenvalue weighted by Crippen LogP contribution is -2.40. The van der Waals surface area contributed by atoms with E-state index in [0.29, 0.717) is 70.8 Å². The fourth-order valence-corrected chi connectivity index (χ4v) is 14.3. The lowest BCUT2D eigenvalue weighted by atomic mass is 9.98. The standard InChI is InChI=1S/C26H21F6N3O4S.C23H13F6N3O.C22H12Cl2F6N2O.C21H11F8N3O/c1-16(36)23(17-2-4-22(5-3-17)40(37,38)35-8-10-39-11-9-35)15-21-6-7-33-24(34-21)18-12-19(25(27,28)29)14-20(13-18)26(30,31)32;1-2-13-5-3-4-6-18(13)19(20(30)33)12-17-7-8-31-21(32-17)14-9-15(22(24,25)26)11-16(10-14)23(27,28)29;1-11(33)17(12-2-3-18(23)19(24)8-12)10-16-4-5-31-20(32-16)13-6-14(21(25,26)27)9-15(7-13)22(28,29)30;1-10(33)16(11-6-17(22)32-18(23)7-11)9-15-2-3-30-19(31-15)12-4-13(20(24,25)26)8-14(5-12)21(27,28)29/h2-7,12-15H,8-11H2,1H3;1,3-12H,(H2,30,33);2-10H,1H3;2-9H,1H3/b23-15-;19-12+;17-10-;16-9-. The topological polar surface area (TPSA) is 257 Å². The first-order valence-electron chi connectivity index (χ1n) is 38.8. The summed E-state index contributed by atoms with van der Waals surface area (Å²) in [5.41, 5.74) is -7.53. The van der Waals surface area contributed by atoms with Crippen LogP contribution < -0.4 is 5.73 Å². The van der Waals surface area contributed by atoms with Crippen molar-refractivity contribution in [3.63, 3.8) is 0 Å². The van der Waals surface area contributed by atoms with Crippen LogP contribution in [-0.2, 0) is 83.3 Å². The van der Waals surface area contributed by atoms with Crippen LogP contribution in [0.25, 0.3) is 92.1 Å². The number of alkyl halides is 24. The summed E-state index contributed by atoms with van der Waals surface area (Å²) in [5.74, 6) is -4.03. The highest BCUT2D eigenvalue weighted by molar-refractivity contribution is 7.89. The number of ketones is 3. The van der Waals surface area contributed by atoms with Crippen molar-refractivity contribution >= 4 is 103 Å². The number of pyridine rings is 1. The fraction of sp³-hybridized carbons (Fsp3) is 0.163. The number of nitrogens with zero attached hydrogens (tertiary/aromatic N) is 10. The van der Waals surface area contributed by atoms with Gasteiger partial charge in [0.1, 0.15) is 0 Å². The van der Waals surface area contributed by atoms with E-state index < -0.39 is 173 Å². The summed E-state index contributed by atoms with van der Waals surface area (Å²) in [6, 6.07) is 27.1. The minimum Gasteiger partial charge on any atom is -0.379 e. The van der Waals surface area contributed by atoms with Crippen molar-refractivity contribution < 1.29 is 146 Å². The van der Waals surface area contributed by atoms with Crippen LogP contribution >= 0.6 is 23.2 Å². The highest BCUT2D eigenvalue weighted by Gasteiger charge is 2.43. The molecule has 12 aromatic rings. The van der Waals surface area contributed by atoms with Crippen LogP contribution in [0.15, 0.2) is 206 Å². The molecule has 2 N–H and O–H groups in total. The third-order valence-electron chi connectivity index (χ3n) is 19.1. The van der Waals surface area contributed by atoms with E-state index >= 15 is 0 Å². The van der Waals surface area contributed by atoms with Crippen LogP contribution in [0.2, 0.25) is 10.0 Å². The van der Waals surface area contributed by atoms with E-state index in [0.717, 1.165) is 49.9 Å². The Morgan fingerprint density at radius 1 is 0.374 bits per heavy atom. The second-order valence-electron chi connectivity index (χ2n) is 29.0. The molecule has 1 fully saturated rings. The number of hydrogen-bond donors (Lipinski definition) is 1. The van der Waals surface area contributed by atoms with Crippen LogP contribution in [0.5, 0.6) is 0 Å². The number of hydrogen-bond acceptors (Lipinski definition) is 16. The highest BCUT2D eigenvalue weighted by Crippen LogP contribution is 2.45. The molecule has 0 radical (unpaired) electrons. The molecular weight excluding hydrogens is 1970 g/mol. The first-order chi connectivity index (χ1) is 64.5. The number of sulfonamides is 1. The molecule has 7 aromatic carbocycles. The molecule has 0 unspecified atom stereocenters. The average Bonchev–Trinajstić information content (AvgIpc) is 0.798. The molecule has 1 aliphatic rings. The van der Waals surface area contributed by atoms with Gasteiger partial charge in [0, 0.05) is 106 Å². The molecule has 6 heterocycles. The monoisotopic (exact) mass is 2020 g/mol. The van der Waals surface area contributed by atoms with Crippen molar-refractivity contribution in [2.45, 2.75) is 75.1 Å². The van der Waals surface area contributed by atoms with Gasteiger partial charge in [-0.05, 0) is 189 Å². The molecule has 1 saturated heterocycles. The number of carbonyl (C=O) groups excluding carboxylic acids is 4. The van der Waals surface area contributed by atoms with Crippen LogP contribution in [0.4, 0.5) is 114 Å². The van der Waals surface area contributed by atoms with Crippen LogP contribution in [0, 0.1) is 24.2 Å². The second-order valence-corrected chi connectivity index (χ2v) is 31.8. The molecule has 1 amide bonds. The van der Waals surface area contributed by atoms with Gasteiger partial charge in [-0.3, -0.25) is 19.2 Å². The van der Waals surface area contributed by atoms with E-state index in [4.69, 9.17) is 40.1 Å². The normalized spacial score (nSPS) is 13.5. The molecule has 0 atom stereocenters. The van der Waals surface area contributed by atoms with Gasteiger partial charge in [-0.2, -0.15) is 123 Å². The number of rotatable bonds is 18. The predicted octanol–water partition coefficient (Wildman–Crippen LogP) is 24.1. The number of nitrogens with two attached hydrogens (primary N) is 1. The Morgan fingerprint density at radius 2 is 0.662 bits per heavy atom. The quantitative estimate of drug-likeness (QED) is 0.0362. The first kappa shape index (κ1) is 107. The number of ether oxygens (including phenoxy) is 1.